The number of hydrogen-bond acceptors (Lipinski definition) is 4. The van der Waals surface area contributed by atoms with Crippen molar-refractivity contribution in [3.05, 3.63) is 65.9 Å². The van der Waals surface area contributed by atoms with Crippen molar-refractivity contribution >= 4 is 22.8 Å². The van der Waals surface area contributed by atoms with E-state index >= 15 is 0 Å². The number of nitrogens with one attached hydrogen (secondary N) is 2. The van der Waals surface area contributed by atoms with Crippen molar-refractivity contribution in [2.75, 3.05) is 13.7 Å². The van der Waals surface area contributed by atoms with Crippen molar-refractivity contribution in [1.82, 2.24) is 10.3 Å². The van der Waals surface area contributed by atoms with Crippen LogP contribution < -0.4 is 10.1 Å². The van der Waals surface area contributed by atoms with Gasteiger partial charge < -0.3 is 19.8 Å². The van der Waals surface area contributed by atoms with Crippen LogP contribution in [0.5, 0.6) is 5.75 Å². The van der Waals surface area contributed by atoms with Crippen LogP contribution in [-0.4, -0.2) is 36.6 Å². The number of amides is 1. The minimum Gasteiger partial charge on any atom is -0.494 e. The number of para-hydroxylation sites is 1. The summed E-state index contributed by atoms with van der Waals surface area (Å²) in [5.41, 5.74) is 2.38. The fraction of sp³-hybridized carbons (Fsp3) is 0.333. The molecule has 0 aliphatic carbocycles. The first kappa shape index (κ1) is 21.4. The molecule has 6 heteroatoms. The monoisotopic (exact) mass is 408 g/mol. The number of carbonyl (C=O) groups is 2. The zero-order valence-electron chi connectivity index (χ0n) is 17.6. The molecule has 0 unspecified atom stereocenters. The fourth-order valence-corrected chi connectivity index (χ4v) is 3.21. The summed E-state index contributed by atoms with van der Waals surface area (Å²) in [6.45, 7) is 4.92. The van der Waals surface area contributed by atoms with Crippen LogP contribution in [0.15, 0.2) is 54.7 Å². The van der Waals surface area contributed by atoms with Crippen LogP contribution in [0.4, 0.5) is 0 Å². The van der Waals surface area contributed by atoms with Gasteiger partial charge >= 0.3 is 5.97 Å². The molecule has 0 aliphatic heterocycles. The van der Waals surface area contributed by atoms with Crippen LogP contribution in [0, 0.1) is 5.92 Å². The van der Waals surface area contributed by atoms with E-state index in [0.29, 0.717) is 24.5 Å². The molecule has 1 atom stereocenters. The average molecular weight is 408 g/mol. The van der Waals surface area contributed by atoms with Crippen LogP contribution in [0.3, 0.4) is 0 Å². The first-order chi connectivity index (χ1) is 14.5. The zero-order chi connectivity index (χ0) is 21.5. The van der Waals surface area contributed by atoms with E-state index in [1.165, 1.54) is 7.11 Å². The highest BCUT2D eigenvalue weighted by Crippen LogP contribution is 2.20. The molecule has 3 rings (SSSR count). The van der Waals surface area contributed by atoms with Crippen LogP contribution in [-0.2, 0) is 16.0 Å². The van der Waals surface area contributed by atoms with Gasteiger partial charge in [-0.2, -0.15) is 0 Å². The summed E-state index contributed by atoms with van der Waals surface area (Å²) in [6.07, 6.45) is 3.16. The molecule has 0 saturated heterocycles. The Balaban J connectivity index is 1.67. The third-order valence-electron chi connectivity index (χ3n) is 4.97. The maximum Gasteiger partial charge on any atom is 0.328 e. The summed E-state index contributed by atoms with van der Waals surface area (Å²) in [5, 5.41) is 3.81. The highest BCUT2D eigenvalue weighted by atomic mass is 16.5. The van der Waals surface area contributed by atoms with E-state index in [4.69, 9.17) is 9.47 Å². The predicted molar refractivity (Wildman–Crippen MR) is 117 cm³/mol. The third-order valence-corrected chi connectivity index (χ3v) is 4.97. The number of esters is 1. The number of methoxy groups -OCH3 is 1. The van der Waals surface area contributed by atoms with Crippen molar-refractivity contribution in [2.24, 2.45) is 5.92 Å². The summed E-state index contributed by atoms with van der Waals surface area (Å²) >= 11 is 0. The molecule has 2 aromatic carbocycles. The van der Waals surface area contributed by atoms with Gasteiger partial charge in [0, 0.05) is 29.1 Å². The average Bonchev–Trinajstić information content (AvgIpc) is 3.16. The molecule has 0 fully saturated rings. The Kier molecular flexibility index (Phi) is 7.12. The van der Waals surface area contributed by atoms with Gasteiger partial charge in [-0.1, -0.05) is 32.0 Å². The molecular formula is C24H28N2O4. The molecular weight excluding hydrogens is 380 g/mol. The lowest BCUT2D eigenvalue weighted by molar-refractivity contribution is -0.142. The second kappa shape index (κ2) is 9.96. The van der Waals surface area contributed by atoms with E-state index in [9.17, 15) is 9.59 Å². The van der Waals surface area contributed by atoms with Crippen LogP contribution in [0.2, 0.25) is 0 Å². The Hall–Kier alpha value is -3.28. The van der Waals surface area contributed by atoms with E-state index in [0.717, 1.165) is 28.6 Å². The lowest BCUT2D eigenvalue weighted by atomic mass is 10.0. The van der Waals surface area contributed by atoms with Crippen molar-refractivity contribution in [1.29, 1.82) is 0 Å². The quantitative estimate of drug-likeness (QED) is 0.522. The van der Waals surface area contributed by atoms with Crippen molar-refractivity contribution < 1.29 is 19.1 Å². The SMILES string of the molecule is COC(=O)[C@@H](Cc1c[nH]c2ccccc12)NC(=O)c1ccc(OCCC(C)C)cc1. The number of H-pyrrole nitrogens is 1. The summed E-state index contributed by atoms with van der Waals surface area (Å²) in [7, 11) is 1.32. The van der Waals surface area contributed by atoms with E-state index < -0.39 is 12.0 Å². The lowest BCUT2D eigenvalue weighted by Crippen LogP contribution is -2.43. The maximum absolute atomic E-state index is 12.7. The lowest BCUT2D eigenvalue weighted by Gasteiger charge is -2.16. The van der Waals surface area contributed by atoms with Gasteiger partial charge in [0.25, 0.3) is 5.91 Å². The topological polar surface area (TPSA) is 80.4 Å². The van der Waals surface area contributed by atoms with Gasteiger partial charge in [-0.3, -0.25) is 4.79 Å². The Bertz CT molecular complexity index is 992. The largest absolute Gasteiger partial charge is 0.494 e. The van der Waals surface area contributed by atoms with Gasteiger partial charge in [0.05, 0.1) is 13.7 Å². The molecule has 0 radical (unpaired) electrons. The smallest absolute Gasteiger partial charge is 0.328 e. The molecule has 30 heavy (non-hydrogen) atoms. The van der Waals surface area contributed by atoms with Crippen molar-refractivity contribution in [3.63, 3.8) is 0 Å². The summed E-state index contributed by atoms with van der Waals surface area (Å²) in [4.78, 5) is 28.2. The molecule has 0 bridgehead atoms. The summed E-state index contributed by atoms with van der Waals surface area (Å²) in [5.74, 6) is 0.471. The van der Waals surface area contributed by atoms with Gasteiger partial charge in [-0.05, 0) is 48.2 Å². The molecule has 6 nitrogen and oxygen atoms in total. The van der Waals surface area contributed by atoms with Crippen LogP contribution >= 0.6 is 0 Å². The molecule has 3 aromatic rings. The molecule has 0 spiro atoms. The number of ether oxygens (including phenoxy) is 2. The Morgan fingerprint density at radius 3 is 2.50 bits per heavy atom. The number of fused-ring (bicyclic) bond motifs is 1. The summed E-state index contributed by atoms with van der Waals surface area (Å²) in [6, 6.07) is 14.0. The molecule has 1 heterocycles. The Labute approximate surface area is 176 Å². The first-order valence-corrected chi connectivity index (χ1v) is 10.1. The molecule has 1 aromatic heterocycles. The highest BCUT2D eigenvalue weighted by Gasteiger charge is 2.24. The third kappa shape index (κ3) is 5.41. The second-order valence-electron chi connectivity index (χ2n) is 7.67. The maximum atomic E-state index is 12.7. The molecule has 1 amide bonds. The van der Waals surface area contributed by atoms with E-state index in [2.05, 4.69) is 24.1 Å². The van der Waals surface area contributed by atoms with Gasteiger partial charge in [-0.25, -0.2) is 4.79 Å². The summed E-state index contributed by atoms with van der Waals surface area (Å²) < 4.78 is 10.6. The number of hydrogen-bond donors (Lipinski definition) is 2. The number of benzene rings is 2. The number of carbonyl (C=O) groups excluding carboxylic acids is 2. The molecule has 2 N–H and O–H groups in total. The van der Waals surface area contributed by atoms with Gasteiger partial charge in [0.15, 0.2) is 0 Å². The predicted octanol–water partition coefficient (Wildman–Crippen LogP) is 4.11. The molecule has 0 aliphatic rings. The number of rotatable bonds is 9. The Morgan fingerprint density at radius 1 is 1.07 bits per heavy atom. The van der Waals surface area contributed by atoms with Crippen LogP contribution in [0.25, 0.3) is 10.9 Å². The second-order valence-corrected chi connectivity index (χ2v) is 7.67. The van der Waals surface area contributed by atoms with Crippen molar-refractivity contribution in [3.8, 4) is 5.75 Å². The van der Waals surface area contributed by atoms with E-state index in [1.807, 2.05) is 30.5 Å². The number of aromatic amines is 1. The Morgan fingerprint density at radius 2 is 1.80 bits per heavy atom. The number of aromatic nitrogens is 1. The van der Waals surface area contributed by atoms with E-state index in [1.54, 1.807) is 24.3 Å². The van der Waals surface area contributed by atoms with E-state index in [-0.39, 0.29) is 5.91 Å². The van der Waals surface area contributed by atoms with Gasteiger partial charge in [0.2, 0.25) is 0 Å². The zero-order valence-corrected chi connectivity index (χ0v) is 17.6. The first-order valence-electron chi connectivity index (χ1n) is 10.1. The standard InChI is InChI=1S/C24H28N2O4/c1-16(2)12-13-30-19-10-8-17(9-11-19)23(27)26-22(24(28)29-3)14-18-15-25-21-7-5-4-6-20(18)21/h4-11,15-16,22,25H,12-14H2,1-3H3,(H,26,27)/t22-/m1/s1. The van der Waals surface area contributed by atoms with Gasteiger partial charge in [0.1, 0.15) is 11.8 Å². The molecule has 158 valence electrons. The van der Waals surface area contributed by atoms with Gasteiger partial charge in [-0.15, -0.1) is 0 Å². The minimum atomic E-state index is -0.788. The normalized spacial score (nSPS) is 12.0. The van der Waals surface area contributed by atoms with Crippen LogP contribution in [0.1, 0.15) is 36.2 Å². The molecule has 0 saturated carbocycles. The highest BCUT2D eigenvalue weighted by molar-refractivity contribution is 5.97. The fourth-order valence-electron chi connectivity index (χ4n) is 3.21. The van der Waals surface area contributed by atoms with Crippen molar-refractivity contribution in [2.45, 2.75) is 32.7 Å². The minimum absolute atomic E-state index is 0.332.